The number of aliphatic hydroxyl groups excluding tert-OH is 1. The Labute approximate surface area is 112 Å². The maximum absolute atomic E-state index is 9.22. The van der Waals surface area contributed by atoms with Crippen molar-refractivity contribution in [3.8, 4) is 0 Å². The highest BCUT2D eigenvalue weighted by atomic mass is 16.3. The number of aliphatic hydroxyl groups is 1. The van der Waals surface area contributed by atoms with E-state index in [0.717, 1.165) is 41.1 Å². The standard InChI is InChI=1S/C15H17N3O/c1-11-15(18-6-2-5-16-10-18)8-13-7-12(9-19)3-4-14(13)17-11/h2-4,6-8,16,19H,5,9-10H2,1H3. The second-order valence-electron chi connectivity index (χ2n) is 4.74. The molecule has 4 nitrogen and oxygen atoms in total. The van der Waals surface area contributed by atoms with Crippen LogP contribution in [0.1, 0.15) is 11.3 Å². The minimum absolute atomic E-state index is 0.0598. The summed E-state index contributed by atoms with van der Waals surface area (Å²) in [6.45, 7) is 3.79. The van der Waals surface area contributed by atoms with Crippen molar-refractivity contribution in [3.63, 3.8) is 0 Å². The van der Waals surface area contributed by atoms with Crippen molar-refractivity contribution >= 4 is 16.6 Å². The first-order valence-electron chi connectivity index (χ1n) is 6.43. The molecular weight excluding hydrogens is 238 g/mol. The molecule has 0 radical (unpaired) electrons. The Morgan fingerprint density at radius 3 is 3.00 bits per heavy atom. The van der Waals surface area contributed by atoms with Gasteiger partial charge in [0.15, 0.2) is 0 Å². The largest absolute Gasteiger partial charge is 0.392 e. The molecule has 0 fully saturated rings. The van der Waals surface area contributed by atoms with Crippen molar-refractivity contribution in [1.29, 1.82) is 0 Å². The number of nitrogens with zero attached hydrogens (tertiary/aromatic N) is 2. The van der Waals surface area contributed by atoms with E-state index in [1.807, 2.05) is 25.1 Å². The average molecular weight is 255 g/mol. The normalized spacial score (nSPS) is 15.2. The van der Waals surface area contributed by atoms with Crippen LogP contribution in [0.2, 0.25) is 0 Å². The number of fused-ring (bicyclic) bond motifs is 1. The van der Waals surface area contributed by atoms with Crippen LogP contribution >= 0.6 is 0 Å². The third-order valence-corrected chi connectivity index (χ3v) is 3.36. The molecule has 0 spiro atoms. The summed E-state index contributed by atoms with van der Waals surface area (Å²) in [5, 5.41) is 13.6. The summed E-state index contributed by atoms with van der Waals surface area (Å²) in [4.78, 5) is 6.79. The molecule has 1 aliphatic rings. The van der Waals surface area contributed by atoms with Gasteiger partial charge in [-0.2, -0.15) is 0 Å². The number of pyridine rings is 1. The topological polar surface area (TPSA) is 48.4 Å². The van der Waals surface area contributed by atoms with Gasteiger partial charge in [0.1, 0.15) is 0 Å². The number of benzene rings is 1. The van der Waals surface area contributed by atoms with E-state index in [9.17, 15) is 5.11 Å². The molecule has 0 saturated carbocycles. The molecule has 1 aromatic carbocycles. The van der Waals surface area contributed by atoms with Gasteiger partial charge in [0.25, 0.3) is 0 Å². The van der Waals surface area contributed by atoms with Crippen LogP contribution in [-0.4, -0.2) is 23.3 Å². The van der Waals surface area contributed by atoms with Gasteiger partial charge >= 0.3 is 0 Å². The zero-order valence-corrected chi connectivity index (χ0v) is 10.9. The zero-order chi connectivity index (χ0) is 13.2. The molecule has 0 atom stereocenters. The van der Waals surface area contributed by atoms with Gasteiger partial charge in [0, 0.05) is 18.1 Å². The van der Waals surface area contributed by atoms with E-state index in [0.29, 0.717) is 0 Å². The quantitative estimate of drug-likeness (QED) is 0.860. The van der Waals surface area contributed by atoms with E-state index >= 15 is 0 Å². The lowest BCUT2D eigenvalue weighted by molar-refractivity contribution is 0.282. The molecule has 0 aliphatic carbocycles. The molecule has 19 heavy (non-hydrogen) atoms. The second kappa shape index (κ2) is 4.99. The molecule has 2 heterocycles. The summed E-state index contributed by atoms with van der Waals surface area (Å²) in [6.07, 6.45) is 4.18. The number of anilines is 1. The highest BCUT2D eigenvalue weighted by molar-refractivity contribution is 5.83. The van der Waals surface area contributed by atoms with E-state index in [4.69, 9.17) is 0 Å². The number of aromatic nitrogens is 1. The van der Waals surface area contributed by atoms with E-state index in [1.54, 1.807) is 0 Å². The number of nitrogens with one attached hydrogen (secondary N) is 1. The smallest absolute Gasteiger partial charge is 0.0728 e. The van der Waals surface area contributed by atoms with Crippen molar-refractivity contribution in [3.05, 3.63) is 47.8 Å². The molecule has 2 N–H and O–H groups in total. The fraction of sp³-hybridized carbons (Fsp3) is 0.267. The number of aryl methyl sites for hydroxylation is 1. The number of hydrogen-bond donors (Lipinski definition) is 2. The summed E-state index contributed by atoms with van der Waals surface area (Å²) in [7, 11) is 0. The van der Waals surface area contributed by atoms with Gasteiger partial charge in [-0.1, -0.05) is 12.1 Å². The summed E-state index contributed by atoms with van der Waals surface area (Å²) < 4.78 is 0. The van der Waals surface area contributed by atoms with Gasteiger partial charge in [-0.05, 0) is 30.7 Å². The third-order valence-electron chi connectivity index (χ3n) is 3.36. The molecule has 1 aliphatic heterocycles. The second-order valence-corrected chi connectivity index (χ2v) is 4.74. The number of rotatable bonds is 2. The molecule has 0 unspecified atom stereocenters. The van der Waals surface area contributed by atoms with E-state index < -0.39 is 0 Å². The third kappa shape index (κ3) is 2.32. The Morgan fingerprint density at radius 1 is 1.37 bits per heavy atom. The molecule has 4 heteroatoms. The van der Waals surface area contributed by atoms with E-state index in [2.05, 4.69) is 33.5 Å². The fourth-order valence-electron chi connectivity index (χ4n) is 2.37. The molecule has 1 aromatic heterocycles. The Morgan fingerprint density at radius 2 is 2.26 bits per heavy atom. The average Bonchev–Trinajstić information content (AvgIpc) is 2.47. The Balaban J connectivity index is 2.11. The highest BCUT2D eigenvalue weighted by Gasteiger charge is 2.11. The molecule has 0 bridgehead atoms. The van der Waals surface area contributed by atoms with Gasteiger partial charge < -0.3 is 10.0 Å². The molecule has 0 amide bonds. The van der Waals surface area contributed by atoms with Crippen LogP contribution in [-0.2, 0) is 6.61 Å². The lowest BCUT2D eigenvalue weighted by Gasteiger charge is -2.25. The minimum Gasteiger partial charge on any atom is -0.392 e. The Hall–Kier alpha value is -1.91. The van der Waals surface area contributed by atoms with Gasteiger partial charge in [0.2, 0.25) is 0 Å². The van der Waals surface area contributed by atoms with Gasteiger partial charge in [-0.25, -0.2) is 0 Å². The first kappa shape index (κ1) is 12.1. The van der Waals surface area contributed by atoms with E-state index in [-0.39, 0.29) is 6.61 Å². The predicted molar refractivity (Wildman–Crippen MR) is 76.9 cm³/mol. The molecule has 2 aromatic rings. The van der Waals surface area contributed by atoms with Crippen molar-refractivity contribution in [2.45, 2.75) is 13.5 Å². The van der Waals surface area contributed by atoms with Crippen LogP contribution in [0.25, 0.3) is 10.9 Å². The molecule has 98 valence electrons. The molecule has 3 rings (SSSR count). The van der Waals surface area contributed by atoms with Crippen LogP contribution in [0.4, 0.5) is 5.69 Å². The van der Waals surface area contributed by atoms with Crippen LogP contribution < -0.4 is 10.2 Å². The Kier molecular flexibility index (Phi) is 3.19. The maximum atomic E-state index is 9.22. The minimum atomic E-state index is 0.0598. The molecular formula is C15H17N3O. The highest BCUT2D eigenvalue weighted by Crippen LogP contribution is 2.25. The monoisotopic (exact) mass is 255 g/mol. The fourth-order valence-corrected chi connectivity index (χ4v) is 2.37. The molecule has 0 saturated heterocycles. The maximum Gasteiger partial charge on any atom is 0.0728 e. The summed E-state index contributed by atoms with van der Waals surface area (Å²) in [5.41, 5.74) is 3.99. The van der Waals surface area contributed by atoms with Crippen molar-refractivity contribution < 1.29 is 5.11 Å². The lowest BCUT2D eigenvalue weighted by Crippen LogP contribution is -2.34. The van der Waals surface area contributed by atoms with Crippen LogP contribution in [0.3, 0.4) is 0 Å². The van der Waals surface area contributed by atoms with Gasteiger partial charge in [0.05, 0.1) is 30.2 Å². The van der Waals surface area contributed by atoms with Crippen molar-refractivity contribution in [2.75, 3.05) is 18.1 Å². The van der Waals surface area contributed by atoms with Crippen LogP contribution in [0.5, 0.6) is 0 Å². The van der Waals surface area contributed by atoms with Crippen LogP contribution in [0, 0.1) is 6.92 Å². The lowest BCUT2D eigenvalue weighted by atomic mass is 10.1. The van der Waals surface area contributed by atoms with Crippen molar-refractivity contribution in [2.24, 2.45) is 0 Å². The van der Waals surface area contributed by atoms with Gasteiger partial charge in [-0.3, -0.25) is 10.3 Å². The first-order chi connectivity index (χ1) is 9.28. The number of hydrogen-bond acceptors (Lipinski definition) is 4. The zero-order valence-electron chi connectivity index (χ0n) is 10.9. The van der Waals surface area contributed by atoms with Gasteiger partial charge in [-0.15, -0.1) is 0 Å². The SMILES string of the molecule is Cc1nc2ccc(CO)cc2cc1N1C=CCNC1. The summed E-state index contributed by atoms with van der Waals surface area (Å²) in [5.74, 6) is 0. The summed E-state index contributed by atoms with van der Waals surface area (Å²) in [6, 6.07) is 8.00. The van der Waals surface area contributed by atoms with Crippen LogP contribution in [0.15, 0.2) is 36.5 Å². The van der Waals surface area contributed by atoms with Crippen molar-refractivity contribution in [1.82, 2.24) is 10.3 Å². The Bertz CT molecular complexity index is 637. The predicted octanol–water partition coefficient (Wildman–Crippen LogP) is 1.92. The first-order valence-corrected chi connectivity index (χ1v) is 6.43. The summed E-state index contributed by atoms with van der Waals surface area (Å²) >= 11 is 0. The van der Waals surface area contributed by atoms with E-state index in [1.165, 1.54) is 0 Å².